The van der Waals surface area contributed by atoms with Gasteiger partial charge in [-0.15, -0.1) is 11.3 Å². The molecule has 1 rings (SSSR count). The van der Waals surface area contributed by atoms with Gasteiger partial charge in [0.2, 0.25) is 0 Å². The third-order valence-corrected chi connectivity index (χ3v) is 2.05. The second-order valence-electron chi connectivity index (χ2n) is 2.21. The van der Waals surface area contributed by atoms with Crippen molar-refractivity contribution in [3.8, 4) is 0 Å². The Labute approximate surface area is 70.1 Å². The average molecular weight is 172 g/mol. The molecule has 0 saturated carbocycles. The van der Waals surface area contributed by atoms with Crippen LogP contribution >= 0.6 is 11.3 Å². The molecule has 0 aliphatic carbocycles. The number of aromatic nitrogens is 1. The molecular formula is C7H12N2OS. The second-order valence-corrected chi connectivity index (χ2v) is 2.92. The van der Waals surface area contributed by atoms with Crippen molar-refractivity contribution in [1.82, 2.24) is 10.3 Å². The standard InChI is InChI=1S/C7H12N2OS/c1-2-8-6(3-10)7-4-11-5-9-7/h4-6,8,10H,2-3H2,1H3. The summed E-state index contributed by atoms with van der Waals surface area (Å²) in [4.78, 5) is 4.10. The molecule has 0 bridgehead atoms. The molecule has 62 valence electrons. The van der Waals surface area contributed by atoms with Crippen LogP contribution in [0, 0.1) is 0 Å². The van der Waals surface area contributed by atoms with Crippen molar-refractivity contribution < 1.29 is 5.11 Å². The number of thiazole rings is 1. The minimum absolute atomic E-state index is 0.00579. The first-order valence-electron chi connectivity index (χ1n) is 3.60. The molecule has 0 radical (unpaired) electrons. The van der Waals surface area contributed by atoms with E-state index in [-0.39, 0.29) is 12.6 Å². The van der Waals surface area contributed by atoms with Crippen LogP contribution in [0.25, 0.3) is 0 Å². The normalized spacial score (nSPS) is 13.3. The summed E-state index contributed by atoms with van der Waals surface area (Å²) < 4.78 is 0. The molecule has 1 heterocycles. The smallest absolute Gasteiger partial charge is 0.0795 e. The Hall–Kier alpha value is -0.450. The first-order valence-corrected chi connectivity index (χ1v) is 4.55. The maximum Gasteiger partial charge on any atom is 0.0795 e. The van der Waals surface area contributed by atoms with Crippen LogP contribution in [0.2, 0.25) is 0 Å². The van der Waals surface area contributed by atoms with Crippen LogP contribution in [0.15, 0.2) is 10.9 Å². The fourth-order valence-corrected chi connectivity index (χ4v) is 1.51. The number of hydrogen-bond donors (Lipinski definition) is 2. The molecule has 2 N–H and O–H groups in total. The highest BCUT2D eigenvalue weighted by atomic mass is 32.1. The number of aliphatic hydroxyl groups is 1. The monoisotopic (exact) mass is 172 g/mol. The first kappa shape index (κ1) is 8.64. The van der Waals surface area contributed by atoms with Crippen LogP contribution in [0.5, 0.6) is 0 Å². The predicted octanol–water partition coefficient (Wildman–Crippen LogP) is 0.786. The van der Waals surface area contributed by atoms with E-state index in [1.165, 1.54) is 0 Å². The Morgan fingerprint density at radius 2 is 2.64 bits per heavy atom. The number of rotatable bonds is 4. The summed E-state index contributed by atoms with van der Waals surface area (Å²) in [5.74, 6) is 0. The van der Waals surface area contributed by atoms with Gasteiger partial charge in [0.05, 0.1) is 23.9 Å². The summed E-state index contributed by atoms with van der Waals surface area (Å²) in [6.45, 7) is 2.97. The van der Waals surface area contributed by atoms with Gasteiger partial charge in [0, 0.05) is 5.38 Å². The largest absolute Gasteiger partial charge is 0.394 e. The van der Waals surface area contributed by atoms with Gasteiger partial charge < -0.3 is 10.4 Å². The Kier molecular flexibility index (Phi) is 3.48. The third-order valence-electron chi connectivity index (χ3n) is 1.44. The summed E-state index contributed by atoms with van der Waals surface area (Å²) in [7, 11) is 0. The molecule has 1 aromatic heterocycles. The van der Waals surface area contributed by atoms with Gasteiger partial charge in [-0.05, 0) is 6.54 Å². The molecule has 1 atom stereocenters. The Balaban J connectivity index is 2.56. The number of nitrogens with zero attached hydrogens (tertiary/aromatic N) is 1. The summed E-state index contributed by atoms with van der Waals surface area (Å²) in [6.07, 6.45) is 0. The van der Waals surface area contributed by atoms with Crippen molar-refractivity contribution in [3.05, 3.63) is 16.6 Å². The lowest BCUT2D eigenvalue weighted by Crippen LogP contribution is -2.24. The van der Waals surface area contributed by atoms with Crippen LogP contribution in [-0.2, 0) is 0 Å². The molecular weight excluding hydrogens is 160 g/mol. The number of hydrogen-bond acceptors (Lipinski definition) is 4. The zero-order chi connectivity index (χ0) is 8.10. The van der Waals surface area contributed by atoms with Crippen molar-refractivity contribution in [2.75, 3.05) is 13.2 Å². The van der Waals surface area contributed by atoms with Crippen LogP contribution in [0.1, 0.15) is 18.7 Å². The number of aliphatic hydroxyl groups excluding tert-OH is 1. The highest BCUT2D eigenvalue weighted by molar-refractivity contribution is 7.07. The molecule has 0 saturated heterocycles. The molecule has 0 aromatic carbocycles. The minimum Gasteiger partial charge on any atom is -0.394 e. The van der Waals surface area contributed by atoms with Gasteiger partial charge in [0.15, 0.2) is 0 Å². The van der Waals surface area contributed by atoms with Crippen LogP contribution in [-0.4, -0.2) is 23.2 Å². The number of nitrogens with one attached hydrogen (secondary N) is 1. The van der Waals surface area contributed by atoms with E-state index in [9.17, 15) is 0 Å². The zero-order valence-electron chi connectivity index (χ0n) is 6.45. The lowest BCUT2D eigenvalue weighted by atomic mass is 10.2. The van der Waals surface area contributed by atoms with Gasteiger partial charge >= 0.3 is 0 Å². The molecule has 4 heteroatoms. The fourth-order valence-electron chi connectivity index (χ4n) is 0.903. The molecule has 0 aliphatic heterocycles. The Morgan fingerprint density at radius 1 is 1.82 bits per heavy atom. The van der Waals surface area contributed by atoms with Gasteiger partial charge in [-0.2, -0.15) is 0 Å². The summed E-state index contributed by atoms with van der Waals surface area (Å²) >= 11 is 1.55. The van der Waals surface area contributed by atoms with E-state index < -0.39 is 0 Å². The maximum absolute atomic E-state index is 8.93. The van der Waals surface area contributed by atoms with Crippen LogP contribution in [0.4, 0.5) is 0 Å². The molecule has 3 nitrogen and oxygen atoms in total. The molecule has 11 heavy (non-hydrogen) atoms. The molecule has 1 unspecified atom stereocenters. The highest BCUT2D eigenvalue weighted by Crippen LogP contribution is 2.11. The minimum atomic E-state index is 0.00579. The molecule has 0 amide bonds. The topological polar surface area (TPSA) is 45.1 Å². The molecule has 1 aromatic rings. The summed E-state index contributed by atoms with van der Waals surface area (Å²) in [5, 5.41) is 14.0. The van der Waals surface area contributed by atoms with E-state index in [0.29, 0.717) is 0 Å². The van der Waals surface area contributed by atoms with Gasteiger partial charge in [-0.3, -0.25) is 0 Å². The van der Waals surface area contributed by atoms with E-state index in [1.54, 1.807) is 16.8 Å². The van der Waals surface area contributed by atoms with Gasteiger partial charge in [0.25, 0.3) is 0 Å². The van der Waals surface area contributed by atoms with E-state index >= 15 is 0 Å². The van der Waals surface area contributed by atoms with E-state index in [1.807, 2.05) is 12.3 Å². The molecule has 0 fully saturated rings. The molecule has 0 spiro atoms. The maximum atomic E-state index is 8.93. The number of likely N-dealkylation sites (N-methyl/N-ethyl adjacent to an activating group) is 1. The van der Waals surface area contributed by atoms with Crippen molar-refractivity contribution >= 4 is 11.3 Å². The third kappa shape index (κ3) is 2.25. The highest BCUT2D eigenvalue weighted by Gasteiger charge is 2.09. The van der Waals surface area contributed by atoms with E-state index in [0.717, 1.165) is 12.2 Å². The lowest BCUT2D eigenvalue weighted by molar-refractivity contribution is 0.244. The van der Waals surface area contributed by atoms with Crippen molar-refractivity contribution in [2.24, 2.45) is 0 Å². The van der Waals surface area contributed by atoms with Crippen molar-refractivity contribution in [1.29, 1.82) is 0 Å². The Bertz CT molecular complexity index is 188. The zero-order valence-corrected chi connectivity index (χ0v) is 7.27. The van der Waals surface area contributed by atoms with Crippen molar-refractivity contribution in [3.63, 3.8) is 0 Å². The van der Waals surface area contributed by atoms with E-state index in [2.05, 4.69) is 10.3 Å². The molecule has 0 aliphatic rings. The average Bonchev–Trinajstić information content (AvgIpc) is 2.52. The van der Waals surface area contributed by atoms with Gasteiger partial charge in [0.1, 0.15) is 0 Å². The predicted molar refractivity (Wildman–Crippen MR) is 45.6 cm³/mol. The van der Waals surface area contributed by atoms with Gasteiger partial charge in [-0.1, -0.05) is 6.92 Å². The quantitative estimate of drug-likeness (QED) is 0.705. The Morgan fingerprint density at radius 3 is 3.09 bits per heavy atom. The summed E-state index contributed by atoms with van der Waals surface area (Å²) in [5.41, 5.74) is 2.70. The van der Waals surface area contributed by atoms with Gasteiger partial charge in [-0.25, -0.2) is 4.98 Å². The lowest BCUT2D eigenvalue weighted by Gasteiger charge is -2.11. The van der Waals surface area contributed by atoms with Crippen LogP contribution < -0.4 is 5.32 Å². The SMILES string of the molecule is CCNC(CO)c1cscn1. The van der Waals surface area contributed by atoms with Crippen LogP contribution in [0.3, 0.4) is 0 Å². The van der Waals surface area contributed by atoms with Crippen molar-refractivity contribution in [2.45, 2.75) is 13.0 Å². The van der Waals surface area contributed by atoms with E-state index in [4.69, 9.17) is 5.11 Å². The second kappa shape index (κ2) is 4.43. The summed E-state index contributed by atoms with van der Waals surface area (Å²) in [6, 6.07) is 0.00579. The first-order chi connectivity index (χ1) is 5.38. The fraction of sp³-hybridized carbons (Fsp3) is 0.571.